The highest BCUT2D eigenvalue weighted by molar-refractivity contribution is 7.72. The number of thiol groups is 1. The number of pyridine rings is 1. The largest absolute Gasteiger partial charge is 0.310 e. The third kappa shape index (κ3) is 4.14. The summed E-state index contributed by atoms with van der Waals surface area (Å²) in [5.74, 6) is 0.481. The SMILES string of the molecule is O=C(Nc1cccc(-c2ccc([SH](=O)=O)cc2)n1)C1(c2ccccc2)CCCCC1. The van der Waals surface area contributed by atoms with Gasteiger partial charge >= 0.3 is 0 Å². The molecule has 1 aliphatic carbocycles. The molecule has 1 aliphatic rings. The minimum absolute atomic E-state index is 0.0169. The zero-order chi connectivity index (χ0) is 21.0. The van der Waals surface area contributed by atoms with Gasteiger partial charge in [0.05, 0.1) is 16.0 Å². The van der Waals surface area contributed by atoms with Crippen LogP contribution < -0.4 is 5.32 Å². The van der Waals surface area contributed by atoms with E-state index in [1.807, 2.05) is 42.5 Å². The van der Waals surface area contributed by atoms with E-state index in [9.17, 15) is 13.2 Å². The quantitative estimate of drug-likeness (QED) is 0.594. The van der Waals surface area contributed by atoms with E-state index >= 15 is 0 Å². The van der Waals surface area contributed by atoms with Crippen molar-refractivity contribution in [3.63, 3.8) is 0 Å². The zero-order valence-electron chi connectivity index (χ0n) is 16.6. The summed E-state index contributed by atoms with van der Waals surface area (Å²) in [6, 6.07) is 22.0. The Morgan fingerprint density at radius 2 is 1.53 bits per heavy atom. The highest BCUT2D eigenvalue weighted by Crippen LogP contribution is 2.40. The van der Waals surface area contributed by atoms with Crippen LogP contribution in [0.15, 0.2) is 77.7 Å². The van der Waals surface area contributed by atoms with E-state index in [4.69, 9.17) is 0 Å². The molecule has 0 atom stereocenters. The van der Waals surface area contributed by atoms with Crippen molar-refractivity contribution in [1.82, 2.24) is 4.98 Å². The highest BCUT2D eigenvalue weighted by Gasteiger charge is 2.41. The van der Waals surface area contributed by atoms with Crippen molar-refractivity contribution < 1.29 is 13.2 Å². The lowest BCUT2D eigenvalue weighted by atomic mass is 9.68. The number of nitrogens with zero attached hydrogens (tertiary/aromatic N) is 1. The molecule has 1 aromatic heterocycles. The van der Waals surface area contributed by atoms with Crippen molar-refractivity contribution in [1.29, 1.82) is 0 Å². The van der Waals surface area contributed by atoms with Gasteiger partial charge in [-0.3, -0.25) is 4.79 Å². The number of hydrogen-bond donors (Lipinski definition) is 2. The van der Waals surface area contributed by atoms with Gasteiger partial charge in [0.1, 0.15) is 5.82 Å². The summed E-state index contributed by atoms with van der Waals surface area (Å²) in [7, 11) is -2.61. The second kappa shape index (κ2) is 8.79. The van der Waals surface area contributed by atoms with Crippen molar-refractivity contribution in [3.8, 4) is 11.3 Å². The molecule has 5 nitrogen and oxygen atoms in total. The molecule has 154 valence electrons. The van der Waals surface area contributed by atoms with Crippen LogP contribution in [0.4, 0.5) is 5.82 Å². The van der Waals surface area contributed by atoms with Crippen molar-refractivity contribution in [2.45, 2.75) is 42.4 Å². The molecule has 0 saturated heterocycles. The molecule has 1 fully saturated rings. The molecule has 30 heavy (non-hydrogen) atoms. The molecule has 0 unspecified atom stereocenters. The van der Waals surface area contributed by atoms with Crippen LogP contribution in [0.1, 0.15) is 37.7 Å². The summed E-state index contributed by atoms with van der Waals surface area (Å²) in [6.45, 7) is 0. The van der Waals surface area contributed by atoms with E-state index < -0.39 is 16.1 Å². The van der Waals surface area contributed by atoms with Gasteiger partial charge in [0.2, 0.25) is 5.91 Å². The summed E-state index contributed by atoms with van der Waals surface area (Å²) >= 11 is 0. The molecule has 0 spiro atoms. The standard InChI is InChI=1S/C24H24N2O3S/c27-23(24(16-5-2-6-17-24)19-8-3-1-4-9-19)26-22-11-7-10-21(25-22)18-12-14-20(15-13-18)30(28)29/h1,3-4,7-15,30H,2,5-6,16-17H2,(H,25,26,27). The number of hydrogen-bond acceptors (Lipinski definition) is 4. The van der Waals surface area contributed by atoms with Gasteiger partial charge in [0.15, 0.2) is 10.7 Å². The molecule has 3 aromatic rings. The summed E-state index contributed by atoms with van der Waals surface area (Å²) < 4.78 is 22.2. The van der Waals surface area contributed by atoms with Crippen LogP contribution in [0.3, 0.4) is 0 Å². The normalized spacial score (nSPS) is 15.6. The minimum Gasteiger partial charge on any atom is -0.310 e. The average Bonchev–Trinajstić information content (AvgIpc) is 2.80. The van der Waals surface area contributed by atoms with Crippen LogP contribution in [0.2, 0.25) is 0 Å². The van der Waals surface area contributed by atoms with Crippen molar-refractivity contribution in [3.05, 3.63) is 78.4 Å². The first-order chi connectivity index (χ1) is 14.6. The van der Waals surface area contributed by atoms with Crippen molar-refractivity contribution >= 4 is 22.4 Å². The summed E-state index contributed by atoms with van der Waals surface area (Å²) in [5.41, 5.74) is 2.00. The van der Waals surface area contributed by atoms with Crippen LogP contribution in [0.5, 0.6) is 0 Å². The number of benzene rings is 2. The van der Waals surface area contributed by atoms with Crippen LogP contribution in [-0.2, 0) is 20.9 Å². The van der Waals surface area contributed by atoms with E-state index in [2.05, 4.69) is 10.3 Å². The Balaban J connectivity index is 1.60. The fraction of sp³-hybridized carbons (Fsp3) is 0.250. The molecule has 0 bridgehead atoms. The molecular formula is C24H24N2O3S. The Bertz CT molecular complexity index is 1090. The summed E-state index contributed by atoms with van der Waals surface area (Å²) in [5, 5.41) is 3.04. The van der Waals surface area contributed by atoms with Gasteiger partial charge in [-0.05, 0) is 42.7 Å². The van der Waals surface area contributed by atoms with Gasteiger partial charge in [0, 0.05) is 5.56 Å². The monoisotopic (exact) mass is 420 g/mol. The second-order valence-corrected chi connectivity index (χ2v) is 8.71. The fourth-order valence-corrected chi connectivity index (χ4v) is 4.61. The molecule has 1 saturated carbocycles. The lowest BCUT2D eigenvalue weighted by molar-refractivity contribution is -0.122. The van der Waals surface area contributed by atoms with Gasteiger partial charge in [0.25, 0.3) is 0 Å². The lowest BCUT2D eigenvalue weighted by Gasteiger charge is -2.36. The lowest BCUT2D eigenvalue weighted by Crippen LogP contribution is -2.42. The number of anilines is 1. The minimum atomic E-state index is -2.61. The molecular weight excluding hydrogens is 396 g/mol. The Morgan fingerprint density at radius 1 is 0.833 bits per heavy atom. The maximum atomic E-state index is 13.4. The number of carbonyl (C=O) groups excluding carboxylic acids is 1. The molecule has 1 amide bonds. The Morgan fingerprint density at radius 3 is 2.20 bits per heavy atom. The van der Waals surface area contributed by atoms with Gasteiger partial charge in [-0.15, -0.1) is 0 Å². The van der Waals surface area contributed by atoms with E-state index in [1.165, 1.54) is 0 Å². The third-order valence-electron chi connectivity index (χ3n) is 5.83. The Hall–Kier alpha value is -2.99. The van der Waals surface area contributed by atoms with Crippen LogP contribution >= 0.6 is 0 Å². The van der Waals surface area contributed by atoms with E-state index in [-0.39, 0.29) is 10.8 Å². The van der Waals surface area contributed by atoms with Crippen LogP contribution in [0, 0.1) is 0 Å². The number of nitrogens with one attached hydrogen (secondary N) is 1. The predicted octanol–water partition coefficient (Wildman–Crippen LogP) is 4.56. The van der Waals surface area contributed by atoms with Crippen LogP contribution in [0.25, 0.3) is 11.3 Å². The van der Waals surface area contributed by atoms with Crippen molar-refractivity contribution in [2.75, 3.05) is 5.32 Å². The van der Waals surface area contributed by atoms with Crippen molar-refractivity contribution in [2.24, 2.45) is 0 Å². The molecule has 2 aromatic carbocycles. The highest BCUT2D eigenvalue weighted by atomic mass is 32.2. The molecule has 0 radical (unpaired) electrons. The summed E-state index contributed by atoms with van der Waals surface area (Å²) in [4.78, 5) is 18.3. The third-order valence-corrected chi connectivity index (χ3v) is 6.55. The number of amides is 1. The summed E-state index contributed by atoms with van der Waals surface area (Å²) in [6.07, 6.45) is 4.88. The first-order valence-electron chi connectivity index (χ1n) is 10.2. The fourth-order valence-electron chi connectivity index (χ4n) is 4.21. The van der Waals surface area contributed by atoms with Gasteiger partial charge in [-0.2, -0.15) is 0 Å². The molecule has 1 heterocycles. The van der Waals surface area contributed by atoms with Crippen LogP contribution in [-0.4, -0.2) is 19.3 Å². The molecule has 6 heteroatoms. The molecule has 0 aliphatic heterocycles. The zero-order valence-corrected chi connectivity index (χ0v) is 17.5. The first kappa shape index (κ1) is 20.3. The average molecular weight is 421 g/mol. The molecule has 1 N–H and O–H groups in total. The maximum absolute atomic E-state index is 13.4. The topological polar surface area (TPSA) is 76.1 Å². The van der Waals surface area contributed by atoms with Gasteiger partial charge in [-0.25, -0.2) is 13.4 Å². The molecule has 4 rings (SSSR count). The van der Waals surface area contributed by atoms with Gasteiger partial charge in [-0.1, -0.05) is 67.8 Å². The Kier molecular flexibility index (Phi) is 5.95. The number of rotatable bonds is 5. The Labute approximate surface area is 178 Å². The van der Waals surface area contributed by atoms with E-state index in [0.717, 1.165) is 43.2 Å². The first-order valence-corrected chi connectivity index (χ1v) is 11.4. The van der Waals surface area contributed by atoms with E-state index in [1.54, 1.807) is 30.3 Å². The second-order valence-electron chi connectivity index (χ2n) is 7.67. The van der Waals surface area contributed by atoms with E-state index in [0.29, 0.717) is 11.5 Å². The van der Waals surface area contributed by atoms with Gasteiger partial charge < -0.3 is 5.32 Å². The number of aromatic nitrogens is 1. The maximum Gasteiger partial charge on any atom is 0.236 e. The smallest absolute Gasteiger partial charge is 0.236 e. The predicted molar refractivity (Wildman–Crippen MR) is 118 cm³/mol. The number of carbonyl (C=O) groups is 1.